The molecule has 0 atom stereocenters. The maximum atomic E-state index is 12.5. The molecule has 1 N–H and O–H groups in total. The van der Waals surface area contributed by atoms with Gasteiger partial charge in [-0.05, 0) is 35.9 Å². The minimum absolute atomic E-state index is 0.207. The SMILES string of the molecule is O=C1Nc2ccc(Br)cc2/C1=C/C(=O)c1ccc2c(c1)OCC2. The van der Waals surface area contributed by atoms with E-state index in [1.807, 2.05) is 24.3 Å². The molecule has 0 spiro atoms. The molecule has 2 aliphatic heterocycles. The van der Waals surface area contributed by atoms with Crippen LogP contribution in [0.5, 0.6) is 5.75 Å². The number of carbonyl (C=O) groups excluding carboxylic acids is 2. The van der Waals surface area contributed by atoms with E-state index in [1.54, 1.807) is 12.1 Å². The molecular formula is C18H12BrNO3. The molecule has 0 bridgehead atoms. The second-order valence-corrected chi connectivity index (χ2v) is 6.40. The molecule has 0 saturated carbocycles. The predicted octanol–water partition coefficient (Wildman–Crippen LogP) is 3.60. The van der Waals surface area contributed by atoms with Crippen molar-refractivity contribution in [2.45, 2.75) is 6.42 Å². The van der Waals surface area contributed by atoms with Gasteiger partial charge in [-0.2, -0.15) is 0 Å². The Labute approximate surface area is 141 Å². The standard InChI is InChI=1S/C18H12BrNO3/c19-12-3-4-15-13(8-12)14(18(22)20-15)9-16(21)11-2-1-10-5-6-23-17(10)7-11/h1-4,7-9H,5-6H2,(H,20,22)/b14-9-. The third kappa shape index (κ3) is 2.47. The number of amides is 1. The van der Waals surface area contributed by atoms with Crippen LogP contribution in [-0.4, -0.2) is 18.3 Å². The van der Waals surface area contributed by atoms with Gasteiger partial charge in [-0.3, -0.25) is 9.59 Å². The Bertz CT molecular complexity index is 886. The lowest BCUT2D eigenvalue weighted by Crippen LogP contribution is -2.06. The number of ether oxygens (including phenoxy) is 1. The van der Waals surface area contributed by atoms with Crippen LogP contribution in [-0.2, 0) is 11.2 Å². The van der Waals surface area contributed by atoms with E-state index in [4.69, 9.17) is 4.74 Å². The van der Waals surface area contributed by atoms with E-state index in [1.165, 1.54) is 6.08 Å². The van der Waals surface area contributed by atoms with Crippen LogP contribution < -0.4 is 10.1 Å². The van der Waals surface area contributed by atoms with E-state index >= 15 is 0 Å². The number of anilines is 1. The van der Waals surface area contributed by atoms with Crippen LogP contribution in [0.2, 0.25) is 0 Å². The molecule has 4 nitrogen and oxygen atoms in total. The van der Waals surface area contributed by atoms with Gasteiger partial charge < -0.3 is 10.1 Å². The molecule has 2 heterocycles. The highest BCUT2D eigenvalue weighted by atomic mass is 79.9. The van der Waals surface area contributed by atoms with E-state index in [2.05, 4.69) is 21.2 Å². The summed E-state index contributed by atoms with van der Waals surface area (Å²) in [5.74, 6) is 0.290. The normalized spacial score (nSPS) is 16.7. The zero-order chi connectivity index (χ0) is 16.0. The first-order chi connectivity index (χ1) is 11.1. The van der Waals surface area contributed by atoms with Crippen LogP contribution in [0, 0.1) is 0 Å². The molecule has 2 aromatic carbocycles. The van der Waals surface area contributed by atoms with Crippen molar-refractivity contribution in [3.8, 4) is 5.75 Å². The third-order valence-corrected chi connectivity index (χ3v) is 4.51. The Morgan fingerprint density at radius 2 is 2.09 bits per heavy atom. The lowest BCUT2D eigenvalue weighted by atomic mass is 10.0. The number of rotatable bonds is 2. The van der Waals surface area contributed by atoms with Crippen LogP contribution in [0.3, 0.4) is 0 Å². The first-order valence-corrected chi connectivity index (χ1v) is 8.04. The van der Waals surface area contributed by atoms with E-state index in [9.17, 15) is 9.59 Å². The second kappa shape index (κ2) is 5.35. The molecule has 23 heavy (non-hydrogen) atoms. The van der Waals surface area contributed by atoms with Gasteiger partial charge in [0.25, 0.3) is 5.91 Å². The second-order valence-electron chi connectivity index (χ2n) is 5.49. The van der Waals surface area contributed by atoms with Crippen LogP contribution in [0.15, 0.2) is 46.9 Å². The average molecular weight is 370 g/mol. The Balaban J connectivity index is 1.72. The van der Waals surface area contributed by atoms with Crippen molar-refractivity contribution in [3.05, 3.63) is 63.6 Å². The van der Waals surface area contributed by atoms with Crippen molar-refractivity contribution in [2.75, 3.05) is 11.9 Å². The zero-order valence-electron chi connectivity index (χ0n) is 12.1. The van der Waals surface area contributed by atoms with Crippen molar-refractivity contribution in [1.82, 2.24) is 0 Å². The largest absolute Gasteiger partial charge is 0.493 e. The minimum atomic E-state index is -0.260. The summed E-state index contributed by atoms with van der Waals surface area (Å²) in [6.07, 6.45) is 2.26. The fraction of sp³-hybridized carbons (Fsp3) is 0.111. The van der Waals surface area contributed by atoms with Gasteiger partial charge in [0, 0.05) is 27.7 Å². The fourth-order valence-electron chi connectivity index (χ4n) is 2.84. The van der Waals surface area contributed by atoms with Crippen LogP contribution in [0.25, 0.3) is 5.57 Å². The molecule has 0 saturated heterocycles. The van der Waals surface area contributed by atoms with Crippen molar-refractivity contribution >= 4 is 38.9 Å². The molecule has 0 aromatic heterocycles. The number of halogens is 1. The number of nitrogens with one attached hydrogen (secondary N) is 1. The van der Waals surface area contributed by atoms with E-state index in [0.717, 1.165) is 33.5 Å². The fourth-order valence-corrected chi connectivity index (χ4v) is 3.20. The van der Waals surface area contributed by atoms with Crippen LogP contribution in [0.1, 0.15) is 21.5 Å². The van der Waals surface area contributed by atoms with Gasteiger partial charge in [0.2, 0.25) is 0 Å². The molecule has 0 unspecified atom stereocenters. The topological polar surface area (TPSA) is 55.4 Å². The first-order valence-electron chi connectivity index (χ1n) is 7.25. The zero-order valence-corrected chi connectivity index (χ0v) is 13.6. The number of hydrogen-bond acceptors (Lipinski definition) is 3. The summed E-state index contributed by atoms with van der Waals surface area (Å²) in [6.45, 7) is 0.651. The average Bonchev–Trinajstić information content (AvgIpc) is 3.12. The van der Waals surface area contributed by atoms with E-state index < -0.39 is 0 Å². The van der Waals surface area contributed by atoms with E-state index in [-0.39, 0.29) is 11.7 Å². The monoisotopic (exact) mass is 369 g/mol. The van der Waals surface area contributed by atoms with Crippen molar-refractivity contribution in [1.29, 1.82) is 0 Å². The number of benzene rings is 2. The number of hydrogen-bond donors (Lipinski definition) is 1. The first kappa shape index (κ1) is 14.2. The Morgan fingerprint density at radius 3 is 2.96 bits per heavy atom. The predicted molar refractivity (Wildman–Crippen MR) is 90.7 cm³/mol. The van der Waals surface area contributed by atoms with Gasteiger partial charge in [-0.15, -0.1) is 0 Å². The molecule has 4 rings (SSSR count). The van der Waals surface area contributed by atoms with Gasteiger partial charge >= 0.3 is 0 Å². The highest BCUT2D eigenvalue weighted by molar-refractivity contribution is 9.10. The molecule has 5 heteroatoms. The molecule has 114 valence electrons. The number of allylic oxidation sites excluding steroid dienone is 1. The molecule has 1 amide bonds. The maximum absolute atomic E-state index is 12.5. The highest BCUT2D eigenvalue weighted by Gasteiger charge is 2.25. The number of ketones is 1. The number of fused-ring (bicyclic) bond motifs is 2. The van der Waals surface area contributed by atoms with Crippen molar-refractivity contribution in [2.24, 2.45) is 0 Å². The summed E-state index contributed by atoms with van der Waals surface area (Å²) in [6, 6.07) is 10.9. The third-order valence-electron chi connectivity index (χ3n) is 4.02. The van der Waals surface area contributed by atoms with Gasteiger partial charge in [-0.25, -0.2) is 0 Å². The summed E-state index contributed by atoms with van der Waals surface area (Å²) < 4.78 is 6.35. The molecule has 0 radical (unpaired) electrons. The molecular weight excluding hydrogens is 358 g/mol. The maximum Gasteiger partial charge on any atom is 0.256 e. The molecule has 0 aliphatic carbocycles. The molecule has 2 aromatic rings. The van der Waals surface area contributed by atoms with Crippen molar-refractivity contribution < 1.29 is 14.3 Å². The Hall–Kier alpha value is -2.40. The number of carbonyl (C=O) groups is 2. The van der Waals surface area contributed by atoms with Gasteiger partial charge in [0.05, 0.1) is 12.2 Å². The van der Waals surface area contributed by atoms with Gasteiger partial charge in [0.1, 0.15) is 5.75 Å². The minimum Gasteiger partial charge on any atom is -0.493 e. The summed E-state index contributed by atoms with van der Waals surface area (Å²) >= 11 is 3.39. The smallest absolute Gasteiger partial charge is 0.256 e. The quantitative estimate of drug-likeness (QED) is 0.649. The lowest BCUT2D eigenvalue weighted by Gasteiger charge is -2.02. The summed E-state index contributed by atoms with van der Waals surface area (Å²) in [5, 5.41) is 2.77. The molecule has 0 fully saturated rings. The Kier molecular flexibility index (Phi) is 3.31. The van der Waals surface area contributed by atoms with Gasteiger partial charge in [-0.1, -0.05) is 28.1 Å². The summed E-state index contributed by atoms with van der Waals surface area (Å²) in [4.78, 5) is 24.6. The van der Waals surface area contributed by atoms with Crippen LogP contribution in [0.4, 0.5) is 5.69 Å². The van der Waals surface area contributed by atoms with Crippen LogP contribution >= 0.6 is 15.9 Å². The Morgan fingerprint density at radius 1 is 1.22 bits per heavy atom. The van der Waals surface area contributed by atoms with Gasteiger partial charge in [0.15, 0.2) is 5.78 Å². The summed E-state index contributed by atoms with van der Waals surface area (Å²) in [7, 11) is 0. The molecule has 2 aliphatic rings. The lowest BCUT2D eigenvalue weighted by molar-refractivity contribution is -0.110. The van der Waals surface area contributed by atoms with E-state index in [0.29, 0.717) is 17.7 Å². The summed E-state index contributed by atoms with van der Waals surface area (Å²) in [5.41, 5.74) is 3.47. The van der Waals surface area contributed by atoms with Crippen molar-refractivity contribution in [3.63, 3.8) is 0 Å². The highest BCUT2D eigenvalue weighted by Crippen LogP contribution is 2.34.